The number of aromatic nitrogens is 1. The third kappa shape index (κ3) is 3.90. The molecule has 0 amide bonds. The summed E-state index contributed by atoms with van der Waals surface area (Å²) in [5.74, 6) is -6.65. The summed E-state index contributed by atoms with van der Waals surface area (Å²) in [6.07, 6.45) is 6.20. The third-order valence-corrected chi connectivity index (χ3v) is 8.62. The van der Waals surface area contributed by atoms with Gasteiger partial charge in [-0.05, 0) is 42.7 Å². The van der Waals surface area contributed by atoms with Crippen molar-refractivity contribution in [1.29, 1.82) is 0 Å². The number of hydrogen-bond donors (Lipinski definition) is 4. The zero-order chi connectivity index (χ0) is 31.5. The number of aromatic hydroxyl groups is 3. The number of fused-ring (bicyclic) bond motifs is 5. The van der Waals surface area contributed by atoms with Crippen LogP contribution in [-0.2, 0) is 21.4 Å². The van der Waals surface area contributed by atoms with E-state index in [2.05, 4.69) is 17.1 Å². The average molecular weight is 601 g/mol. The van der Waals surface area contributed by atoms with Gasteiger partial charge in [0.25, 0.3) is 5.56 Å². The number of aromatic amines is 1. The van der Waals surface area contributed by atoms with E-state index in [0.717, 1.165) is 38.9 Å². The van der Waals surface area contributed by atoms with Crippen LogP contribution < -0.4 is 5.56 Å². The van der Waals surface area contributed by atoms with E-state index < -0.39 is 79.4 Å². The van der Waals surface area contributed by atoms with Crippen LogP contribution in [0.15, 0.2) is 33.9 Å². The molecule has 0 radical (unpaired) electrons. The number of unbranched alkanes of at least 4 members (excludes halogenated alkanes) is 3. The van der Waals surface area contributed by atoms with Crippen LogP contribution in [-0.4, -0.2) is 63.4 Å². The molecule has 3 aliphatic carbocycles. The molecule has 0 saturated heterocycles. The summed E-state index contributed by atoms with van der Waals surface area (Å²) >= 11 is 0. The van der Waals surface area contributed by atoms with Gasteiger partial charge in [-0.1, -0.05) is 31.0 Å². The number of pyridine rings is 1. The highest BCUT2D eigenvalue weighted by molar-refractivity contribution is 6.38. The van der Waals surface area contributed by atoms with Gasteiger partial charge in [-0.25, -0.2) is 0 Å². The first kappa shape index (κ1) is 28.8. The molecule has 3 aromatic rings. The normalized spacial score (nSPS) is 18.7. The summed E-state index contributed by atoms with van der Waals surface area (Å²) in [7, 11) is 1.14. The standard InChI is InChI=1S/C32H28N2O10/c1-3-4-5-6-9-44-33-13-16-11-15-10-14-7-8-32(24(14)28(39)19(15)31(42)34-16)29(40)22-23(30(32)41)27(38)21-20(26(22)37)17(35)12-18(43-2)25(21)36/h10-13,37-39H,3-9H2,1-2H3,(H,34,42)/t32-/m0/s1. The van der Waals surface area contributed by atoms with E-state index in [1.807, 2.05) is 0 Å². The number of oxime groups is 1. The molecule has 2 aromatic carbocycles. The number of nitrogens with one attached hydrogen (secondary N) is 1. The summed E-state index contributed by atoms with van der Waals surface area (Å²) < 4.78 is 4.92. The van der Waals surface area contributed by atoms with E-state index in [-0.39, 0.29) is 23.8 Å². The van der Waals surface area contributed by atoms with Gasteiger partial charge in [-0.3, -0.25) is 24.0 Å². The van der Waals surface area contributed by atoms with E-state index in [1.54, 1.807) is 12.1 Å². The predicted octanol–water partition coefficient (Wildman–Crippen LogP) is 3.75. The van der Waals surface area contributed by atoms with Crippen LogP contribution in [0.5, 0.6) is 17.2 Å². The molecule has 1 atom stereocenters. The van der Waals surface area contributed by atoms with E-state index in [4.69, 9.17) is 9.57 Å². The second kappa shape index (κ2) is 10.5. The summed E-state index contributed by atoms with van der Waals surface area (Å²) in [5, 5.41) is 37.8. The third-order valence-electron chi connectivity index (χ3n) is 8.62. The number of ketones is 4. The molecule has 44 heavy (non-hydrogen) atoms. The fourth-order valence-electron chi connectivity index (χ4n) is 6.57. The van der Waals surface area contributed by atoms with Gasteiger partial charge in [-0.15, -0.1) is 0 Å². The Morgan fingerprint density at radius 1 is 0.932 bits per heavy atom. The minimum absolute atomic E-state index is 0.122. The Morgan fingerprint density at radius 3 is 2.32 bits per heavy atom. The minimum atomic E-state index is -2.10. The van der Waals surface area contributed by atoms with E-state index in [0.29, 0.717) is 23.3 Å². The quantitative estimate of drug-likeness (QED) is 0.0973. The van der Waals surface area contributed by atoms with Crippen LogP contribution in [0.3, 0.4) is 0 Å². The Morgan fingerprint density at radius 2 is 1.64 bits per heavy atom. The van der Waals surface area contributed by atoms with E-state index >= 15 is 0 Å². The molecule has 1 spiro atoms. The zero-order valence-corrected chi connectivity index (χ0v) is 23.9. The lowest BCUT2D eigenvalue weighted by Crippen LogP contribution is -2.36. The highest BCUT2D eigenvalue weighted by atomic mass is 16.6. The van der Waals surface area contributed by atoms with Crippen molar-refractivity contribution in [1.82, 2.24) is 4.98 Å². The van der Waals surface area contributed by atoms with Crippen molar-refractivity contribution in [2.45, 2.75) is 50.9 Å². The first-order valence-electron chi connectivity index (χ1n) is 14.2. The van der Waals surface area contributed by atoms with Crippen molar-refractivity contribution in [2.75, 3.05) is 13.7 Å². The number of ether oxygens (including phenoxy) is 1. The minimum Gasteiger partial charge on any atom is -0.507 e. The predicted molar refractivity (Wildman–Crippen MR) is 156 cm³/mol. The Labute approximate surface area is 249 Å². The number of aryl methyl sites for hydroxylation is 1. The van der Waals surface area contributed by atoms with Gasteiger partial charge in [-0.2, -0.15) is 0 Å². The Hall–Kier alpha value is -5.26. The van der Waals surface area contributed by atoms with Crippen molar-refractivity contribution in [3.05, 3.63) is 73.4 Å². The summed E-state index contributed by atoms with van der Waals surface area (Å²) in [6, 6.07) is 3.16. The fourth-order valence-corrected chi connectivity index (χ4v) is 6.57. The molecule has 0 unspecified atom stereocenters. The second-order valence-electron chi connectivity index (χ2n) is 11.1. The van der Waals surface area contributed by atoms with Crippen LogP contribution in [0, 0.1) is 0 Å². The molecule has 0 fully saturated rings. The molecular formula is C32H28N2O10. The lowest BCUT2D eigenvalue weighted by Gasteiger charge is -2.22. The maximum absolute atomic E-state index is 14.1. The van der Waals surface area contributed by atoms with E-state index in [1.165, 1.54) is 6.21 Å². The molecule has 3 aliphatic rings. The van der Waals surface area contributed by atoms with Crippen LogP contribution >= 0.6 is 0 Å². The molecule has 0 aliphatic heterocycles. The first-order valence-corrected chi connectivity index (χ1v) is 14.2. The zero-order valence-electron chi connectivity index (χ0n) is 23.9. The number of H-pyrrole nitrogens is 1. The first-order chi connectivity index (χ1) is 21.1. The number of carbonyl (C=O) groups is 4. The Kier molecular flexibility index (Phi) is 6.87. The lowest BCUT2D eigenvalue weighted by molar-refractivity contribution is 0.0790. The topological polar surface area (TPSA) is 193 Å². The molecule has 12 heteroatoms. The van der Waals surface area contributed by atoms with Gasteiger partial charge < -0.3 is 29.9 Å². The molecule has 12 nitrogen and oxygen atoms in total. The monoisotopic (exact) mass is 600 g/mol. The average Bonchev–Trinajstić information content (AvgIpc) is 3.48. The number of phenols is 3. The maximum atomic E-state index is 14.1. The Bertz CT molecular complexity index is 1950. The summed E-state index contributed by atoms with van der Waals surface area (Å²) in [5.41, 5.74) is -4.74. The van der Waals surface area contributed by atoms with Crippen molar-refractivity contribution in [3.8, 4) is 17.2 Å². The number of methoxy groups -OCH3 is 1. The van der Waals surface area contributed by atoms with Crippen molar-refractivity contribution >= 4 is 40.1 Å². The Balaban J connectivity index is 1.43. The number of hydrogen-bond acceptors (Lipinski definition) is 11. The highest BCUT2D eigenvalue weighted by Crippen LogP contribution is 2.57. The fraction of sp³-hybridized carbons (Fsp3) is 0.312. The smallest absolute Gasteiger partial charge is 0.260 e. The molecule has 6 rings (SSSR count). The van der Waals surface area contributed by atoms with Gasteiger partial charge in [0.15, 0.2) is 23.1 Å². The molecule has 1 aromatic heterocycles. The summed E-state index contributed by atoms with van der Waals surface area (Å²) in [4.78, 5) is 74.9. The van der Waals surface area contributed by atoms with Crippen molar-refractivity contribution in [3.63, 3.8) is 0 Å². The molecule has 4 N–H and O–H groups in total. The van der Waals surface area contributed by atoms with Gasteiger partial charge in [0, 0.05) is 11.6 Å². The highest BCUT2D eigenvalue weighted by Gasteiger charge is 2.61. The van der Waals surface area contributed by atoms with Gasteiger partial charge in [0.05, 0.1) is 46.7 Å². The molecule has 0 bridgehead atoms. The number of rotatable bonds is 8. The lowest BCUT2D eigenvalue weighted by atomic mass is 9.76. The second-order valence-corrected chi connectivity index (χ2v) is 11.1. The van der Waals surface area contributed by atoms with Crippen LogP contribution in [0.2, 0.25) is 0 Å². The van der Waals surface area contributed by atoms with Gasteiger partial charge in [0.1, 0.15) is 29.3 Å². The number of benzene rings is 2. The SMILES string of the molecule is CCCCCCON=Cc1cc2cc3c(c(O)c2c(=O)[nH]1)[C@@]1(CC3)C(=O)c2c(O)c3c(c(O)c2C1=O)C(=O)C(OC)=CC3=O. The number of allylic oxidation sites excluding steroid dienone is 2. The number of nitrogens with zero attached hydrogens (tertiary/aromatic N) is 1. The van der Waals surface area contributed by atoms with Crippen molar-refractivity contribution < 1.29 is 44.1 Å². The molecule has 226 valence electrons. The molecular weight excluding hydrogens is 572 g/mol. The molecule has 1 heterocycles. The van der Waals surface area contributed by atoms with Crippen LogP contribution in [0.1, 0.15) is 97.3 Å². The summed E-state index contributed by atoms with van der Waals surface area (Å²) in [6.45, 7) is 2.53. The largest absolute Gasteiger partial charge is 0.507 e. The maximum Gasteiger partial charge on any atom is 0.260 e. The van der Waals surface area contributed by atoms with Crippen molar-refractivity contribution in [2.24, 2.45) is 5.16 Å². The van der Waals surface area contributed by atoms with Crippen LogP contribution in [0.25, 0.3) is 10.8 Å². The number of Topliss-reactive ketones (excluding diaryl/α,β-unsaturated/α-hetero) is 3. The van der Waals surface area contributed by atoms with Crippen LogP contribution in [0.4, 0.5) is 0 Å². The number of phenolic OH excluding ortho intramolecular Hbond substituents is 3. The number of carbonyl (C=O) groups excluding carboxylic acids is 4. The van der Waals surface area contributed by atoms with Gasteiger partial charge in [0.2, 0.25) is 5.78 Å². The van der Waals surface area contributed by atoms with Gasteiger partial charge >= 0.3 is 0 Å². The molecule has 0 saturated carbocycles. The van der Waals surface area contributed by atoms with E-state index in [9.17, 15) is 39.3 Å².